The van der Waals surface area contributed by atoms with Gasteiger partial charge in [-0.3, -0.25) is 14.2 Å². The fourth-order valence-corrected chi connectivity index (χ4v) is 4.38. The molecular formula is C24H24ClN3O4. The van der Waals surface area contributed by atoms with Crippen LogP contribution < -0.4 is 15.6 Å². The molecule has 1 aliphatic carbocycles. The van der Waals surface area contributed by atoms with Crippen LogP contribution in [-0.4, -0.2) is 28.7 Å². The number of methoxy groups -OCH3 is 1. The highest BCUT2D eigenvalue weighted by Gasteiger charge is 2.35. The summed E-state index contributed by atoms with van der Waals surface area (Å²) in [5, 5.41) is 3.75. The molecule has 2 aromatic carbocycles. The average molecular weight is 454 g/mol. The number of esters is 1. The summed E-state index contributed by atoms with van der Waals surface area (Å²) in [5.41, 5.74) is 3.36. The van der Waals surface area contributed by atoms with Gasteiger partial charge in [0.1, 0.15) is 23.4 Å². The summed E-state index contributed by atoms with van der Waals surface area (Å²) in [6.45, 7) is 3.16. The van der Waals surface area contributed by atoms with Crippen LogP contribution in [0.3, 0.4) is 0 Å². The highest BCUT2D eigenvalue weighted by molar-refractivity contribution is 6.33. The molecule has 166 valence electrons. The molecule has 4 rings (SSSR count). The summed E-state index contributed by atoms with van der Waals surface area (Å²) in [5.74, 6) is 0.714. The number of anilines is 1. The number of aryl methyl sites for hydroxylation is 1. The predicted octanol–water partition coefficient (Wildman–Crippen LogP) is 4.06. The molecule has 0 spiro atoms. The second kappa shape index (κ2) is 8.67. The summed E-state index contributed by atoms with van der Waals surface area (Å²) in [6, 6.07) is 12.8. The molecule has 1 N–H and O–H groups in total. The van der Waals surface area contributed by atoms with E-state index < -0.39 is 6.10 Å². The number of hydrogen-bond acceptors (Lipinski definition) is 6. The highest BCUT2D eigenvalue weighted by atomic mass is 35.5. The molecule has 0 bridgehead atoms. The minimum atomic E-state index is -0.412. The normalized spacial score (nSPS) is 17.0. The molecular weight excluding hydrogens is 430 g/mol. The van der Waals surface area contributed by atoms with Crippen LogP contribution in [0, 0.1) is 6.92 Å². The van der Waals surface area contributed by atoms with Crippen molar-refractivity contribution in [2.75, 3.05) is 12.4 Å². The Kier molecular flexibility index (Phi) is 5.93. The summed E-state index contributed by atoms with van der Waals surface area (Å²) in [7, 11) is 3.22. The number of carbonyl (C=O) groups is 1. The Morgan fingerprint density at radius 1 is 1.25 bits per heavy atom. The summed E-state index contributed by atoms with van der Waals surface area (Å²) >= 11 is 6.42. The van der Waals surface area contributed by atoms with Gasteiger partial charge >= 0.3 is 5.97 Å². The minimum absolute atomic E-state index is 0.245. The van der Waals surface area contributed by atoms with E-state index in [1.165, 1.54) is 11.5 Å². The van der Waals surface area contributed by atoms with E-state index in [2.05, 4.69) is 10.3 Å². The Morgan fingerprint density at radius 2 is 2.00 bits per heavy atom. The first kappa shape index (κ1) is 21.9. The predicted molar refractivity (Wildman–Crippen MR) is 123 cm³/mol. The molecule has 8 heteroatoms. The number of nitrogens with zero attached hydrogens (tertiary/aromatic N) is 2. The number of nitrogens with one attached hydrogen (secondary N) is 1. The number of hydrogen-bond donors (Lipinski definition) is 1. The van der Waals surface area contributed by atoms with Crippen LogP contribution in [-0.2, 0) is 23.0 Å². The first-order valence-electron chi connectivity index (χ1n) is 10.2. The zero-order chi connectivity index (χ0) is 23.0. The molecule has 0 fully saturated rings. The van der Waals surface area contributed by atoms with Gasteiger partial charge in [0, 0.05) is 26.0 Å². The zero-order valence-corrected chi connectivity index (χ0v) is 19.1. The van der Waals surface area contributed by atoms with E-state index in [1.54, 1.807) is 39.3 Å². The number of carbonyl (C=O) groups excluding carboxylic acids is 1. The van der Waals surface area contributed by atoms with E-state index in [1.807, 2.05) is 24.3 Å². The first-order chi connectivity index (χ1) is 15.3. The molecule has 32 heavy (non-hydrogen) atoms. The number of ether oxygens (including phenoxy) is 2. The lowest BCUT2D eigenvalue weighted by Gasteiger charge is -2.24. The van der Waals surface area contributed by atoms with Crippen LogP contribution in [0.4, 0.5) is 5.69 Å². The third-order valence-electron chi connectivity index (χ3n) is 5.69. The number of fused-ring (bicyclic) bond motifs is 1. The van der Waals surface area contributed by atoms with Crippen molar-refractivity contribution < 1.29 is 14.3 Å². The first-order valence-corrected chi connectivity index (χ1v) is 10.6. The van der Waals surface area contributed by atoms with Crippen molar-refractivity contribution in [2.24, 2.45) is 7.05 Å². The Balaban J connectivity index is 1.74. The van der Waals surface area contributed by atoms with Crippen LogP contribution in [0.25, 0.3) is 11.4 Å². The van der Waals surface area contributed by atoms with Gasteiger partial charge in [0.25, 0.3) is 5.56 Å². The van der Waals surface area contributed by atoms with Crippen molar-refractivity contribution >= 4 is 23.3 Å². The van der Waals surface area contributed by atoms with Crippen molar-refractivity contribution in [3.05, 3.63) is 74.7 Å². The van der Waals surface area contributed by atoms with Crippen LogP contribution in [0.15, 0.2) is 47.3 Å². The molecule has 0 saturated heterocycles. The molecule has 0 aliphatic heterocycles. The topological polar surface area (TPSA) is 82.4 Å². The van der Waals surface area contributed by atoms with E-state index in [9.17, 15) is 9.59 Å². The number of halogens is 1. The lowest BCUT2D eigenvalue weighted by atomic mass is 10.1. The average Bonchev–Trinajstić information content (AvgIpc) is 3.10. The number of aromatic nitrogens is 2. The minimum Gasteiger partial charge on any atom is -0.497 e. The van der Waals surface area contributed by atoms with Crippen LogP contribution in [0.5, 0.6) is 5.75 Å². The van der Waals surface area contributed by atoms with E-state index in [0.29, 0.717) is 40.0 Å². The van der Waals surface area contributed by atoms with Gasteiger partial charge in [-0.05, 0) is 36.2 Å². The molecule has 0 amide bonds. The Hall–Kier alpha value is -3.32. The highest BCUT2D eigenvalue weighted by Crippen LogP contribution is 2.36. The van der Waals surface area contributed by atoms with Crippen molar-refractivity contribution in [3.8, 4) is 17.1 Å². The standard InChI is InChI=1S/C24H24ClN3O4/c1-13-21(27-22-17-8-6-5-7-15(17)11-20(22)32-14(2)29)24(30)28(3)23(26-13)18-10-9-16(31-4)12-19(18)25/h5-10,12,20,22,27H,11H2,1-4H3/t20-,22?/m0/s1. The van der Waals surface area contributed by atoms with Gasteiger partial charge in [-0.1, -0.05) is 35.9 Å². The summed E-state index contributed by atoms with van der Waals surface area (Å²) in [4.78, 5) is 29.7. The van der Waals surface area contributed by atoms with E-state index >= 15 is 0 Å². The second-order valence-corrected chi connectivity index (χ2v) is 8.19. The lowest BCUT2D eigenvalue weighted by Crippen LogP contribution is -2.31. The maximum atomic E-state index is 13.3. The van der Waals surface area contributed by atoms with Gasteiger partial charge in [0.05, 0.1) is 23.9 Å². The van der Waals surface area contributed by atoms with Gasteiger partial charge in [-0.2, -0.15) is 0 Å². The Morgan fingerprint density at radius 3 is 2.69 bits per heavy atom. The van der Waals surface area contributed by atoms with Crippen LogP contribution >= 0.6 is 11.6 Å². The van der Waals surface area contributed by atoms with Crippen molar-refractivity contribution in [1.82, 2.24) is 9.55 Å². The van der Waals surface area contributed by atoms with Gasteiger partial charge in [-0.15, -0.1) is 0 Å². The monoisotopic (exact) mass is 453 g/mol. The molecule has 1 unspecified atom stereocenters. The molecule has 2 atom stereocenters. The Bertz CT molecular complexity index is 1250. The quantitative estimate of drug-likeness (QED) is 0.587. The Labute approximate surface area is 191 Å². The van der Waals surface area contributed by atoms with Gasteiger partial charge in [-0.25, -0.2) is 4.98 Å². The van der Waals surface area contributed by atoms with E-state index in [0.717, 1.165) is 11.1 Å². The lowest BCUT2D eigenvalue weighted by molar-refractivity contribution is -0.146. The summed E-state index contributed by atoms with van der Waals surface area (Å²) < 4.78 is 12.2. The smallest absolute Gasteiger partial charge is 0.302 e. The third-order valence-corrected chi connectivity index (χ3v) is 6.00. The third kappa shape index (κ3) is 3.96. The fraction of sp³-hybridized carbons (Fsp3) is 0.292. The number of rotatable bonds is 5. The molecule has 3 aromatic rings. The largest absolute Gasteiger partial charge is 0.497 e. The maximum absolute atomic E-state index is 13.3. The second-order valence-electron chi connectivity index (χ2n) is 7.78. The van der Waals surface area contributed by atoms with Gasteiger partial charge in [0.15, 0.2) is 0 Å². The van der Waals surface area contributed by atoms with Gasteiger partial charge in [0.2, 0.25) is 0 Å². The van der Waals surface area contributed by atoms with Gasteiger partial charge < -0.3 is 14.8 Å². The molecule has 0 saturated carbocycles. The molecule has 7 nitrogen and oxygen atoms in total. The summed E-state index contributed by atoms with van der Waals surface area (Å²) in [6.07, 6.45) is 0.171. The molecule has 0 radical (unpaired) electrons. The van der Waals surface area contributed by atoms with Crippen molar-refractivity contribution in [2.45, 2.75) is 32.4 Å². The fourth-order valence-electron chi connectivity index (χ4n) is 4.13. The SMILES string of the molecule is COc1ccc(-c2nc(C)c(NC3c4ccccc4C[C@@H]3OC(C)=O)c(=O)n2C)c(Cl)c1. The van der Waals surface area contributed by atoms with Crippen molar-refractivity contribution in [3.63, 3.8) is 0 Å². The van der Waals surface area contributed by atoms with Crippen LogP contribution in [0.1, 0.15) is 29.8 Å². The molecule has 1 heterocycles. The van der Waals surface area contributed by atoms with E-state index in [4.69, 9.17) is 21.1 Å². The van der Waals surface area contributed by atoms with Crippen LogP contribution in [0.2, 0.25) is 5.02 Å². The molecule has 1 aliphatic rings. The zero-order valence-electron chi connectivity index (χ0n) is 18.3. The maximum Gasteiger partial charge on any atom is 0.302 e. The molecule has 1 aromatic heterocycles. The number of benzene rings is 2. The van der Waals surface area contributed by atoms with Crippen molar-refractivity contribution in [1.29, 1.82) is 0 Å². The van der Waals surface area contributed by atoms with E-state index in [-0.39, 0.29) is 17.6 Å².